The van der Waals surface area contributed by atoms with Gasteiger partial charge in [0.2, 0.25) is 5.91 Å². The standard InChI is InChI=1S/C15H32N2O/c1-7-10-11(4)16-15(18)13(6)17-12(5)14(8-2)9-3/h11-14,17H,7-10H2,1-6H3,(H,16,18). The van der Waals surface area contributed by atoms with Gasteiger partial charge in [0.25, 0.3) is 0 Å². The second-order valence-corrected chi connectivity index (χ2v) is 5.45. The molecular formula is C15H32N2O. The molecular weight excluding hydrogens is 224 g/mol. The highest BCUT2D eigenvalue weighted by Gasteiger charge is 2.20. The van der Waals surface area contributed by atoms with Crippen molar-refractivity contribution in [2.75, 3.05) is 0 Å². The molecule has 0 saturated carbocycles. The van der Waals surface area contributed by atoms with Crippen molar-refractivity contribution >= 4 is 5.91 Å². The summed E-state index contributed by atoms with van der Waals surface area (Å²) < 4.78 is 0. The molecule has 0 radical (unpaired) electrons. The van der Waals surface area contributed by atoms with Crippen molar-refractivity contribution in [3.05, 3.63) is 0 Å². The minimum absolute atomic E-state index is 0.111. The Hall–Kier alpha value is -0.570. The van der Waals surface area contributed by atoms with Crippen LogP contribution in [-0.4, -0.2) is 24.0 Å². The number of rotatable bonds is 9. The molecule has 3 heteroatoms. The Morgan fingerprint density at radius 3 is 2.06 bits per heavy atom. The minimum Gasteiger partial charge on any atom is -0.352 e. The largest absolute Gasteiger partial charge is 0.352 e. The highest BCUT2D eigenvalue weighted by molar-refractivity contribution is 5.81. The molecule has 0 heterocycles. The first-order chi connectivity index (χ1) is 8.46. The molecule has 3 atom stereocenters. The van der Waals surface area contributed by atoms with Crippen LogP contribution in [0.3, 0.4) is 0 Å². The lowest BCUT2D eigenvalue weighted by atomic mass is 9.95. The highest BCUT2D eigenvalue weighted by atomic mass is 16.2. The van der Waals surface area contributed by atoms with E-state index in [1.807, 2.05) is 6.92 Å². The minimum atomic E-state index is -0.111. The zero-order valence-corrected chi connectivity index (χ0v) is 13.0. The molecule has 18 heavy (non-hydrogen) atoms. The lowest BCUT2D eigenvalue weighted by Gasteiger charge is -2.26. The number of hydrogen-bond donors (Lipinski definition) is 2. The summed E-state index contributed by atoms with van der Waals surface area (Å²) in [5.74, 6) is 0.766. The van der Waals surface area contributed by atoms with E-state index in [-0.39, 0.29) is 18.0 Å². The van der Waals surface area contributed by atoms with Gasteiger partial charge in [-0.2, -0.15) is 0 Å². The van der Waals surface area contributed by atoms with Crippen LogP contribution in [0, 0.1) is 5.92 Å². The summed E-state index contributed by atoms with van der Waals surface area (Å²) in [4.78, 5) is 12.0. The van der Waals surface area contributed by atoms with Gasteiger partial charge in [0.1, 0.15) is 0 Å². The molecule has 3 nitrogen and oxygen atoms in total. The van der Waals surface area contributed by atoms with Gasteiger partial charge in [-0.15, -0.1) is 0 Å². The fraction of sp³-hybridized carbons (Fsp3) is 0.933. The van der Waals surface area contributed by atoms with E-state index >= 15 is 0 Å². The monoisotopic (exact) mass is 256 g/mol. The molecule has 0 spiro atoms. The number of carbonyl (C=O) groups is 1. The van der Waals surface area contributed by atoms with Crippen molar-refractivity contribution < 1.29 is 4.79 Å². The molecule has 0 bridgehead atoms. The number of carbonyl (C=O) groups excluding carboxylic acids is 1. The topological polar surface area (TPSA) is 41.1 Å². The summed E-state index contributed by atoms with van der Waals surface area (Å²) in [5, 5.41) is 6.48. The second kappa shape index (κ2) is 9.37. The molecule has 3 unspecified atom stereocenters. The molecule has 108 valence electrons. The van der Waals surface area contributed by atoms with Gasteiger partial charge in [-0.25, -0.2) is 0 Å². The van der Waals surface area contributed by atoms with Gasteiger partial charge in [-0.05, 0) is 33.1 Å². The van der Waals surface area contributed by atoms with Gasteiger partial charge in [0, 0.05) is 12.1 Å². The Kier molecular flexibility index (Phi) is 9.08. The zero-order chi connectivity index (χ0) is 14.1. The molecule has 0 saturated heterocycles. The smallest absolute Gasteiger partial charge is 0.237 e. The van der Waals surface area contributed by atoms with E-state index in [1.165, 1.54) is 0 Å². The number of nitrogens with one attached hydrogen (secondary N) is 2. The Morgan fingerprint density at radius 2 is 1.61 bits per heavy atom. The van der Waals surface area contributed by atoms with Gasteiger partial charge >= 0.3 is 0 Å². The van der Waals surface area contributed by atoms with Crippen molar-refractivity contribution in [2.45, 2.75) is 85.4 Å². The fourth-order valence-corrected chi connectivity index (χ4v) is 2.47. The third-order valence-electron chi connectivity index (χ3n) is 3.77. The first kappa shape index (κ1) is 17.4. The van der Waals surface area contributed by atoms with E-state index in [0.29, 0.717) is 12.0 Å². The third kappa shape index (κ3) is 6.39. The maximum absolute atomic E-state index is 12.0. The SMILES string of the molecule is CCCC(C)NC(=O)C(C)NC(C)C(CC)CC. The van der Waals surface area contributed by atoms with E-state index in [9.17, 15) is 4.79 Å². The van der Waals surface area contributed by atoms with Gasteiger partial charge in [0.15, 0.2) is 0 Å². The van der Waals surface area contributed by atoms with E-state index < -0.39 is 0 Å². The summed E-state index contributed by atoms with van der Waals surface area (Å²) in [5.41, 5.74) is 0. The van der Waals surface area contributed by atoms with E-state index in [2.05, 4.69) is 45.3 Å². The molecule has 0 aliphatic carbocycles. The molecule has 0 aromatic rings. The fourth-order valence-electron chi connectivity index (χ4n) is 2.47. The second-order valence-electron chi connectivity index (χ2n) is 5.45. The Balaban J connectivity index is 4.14. The van der Waals surface area contributed by atoms with E-state index in [4.69, 9.17) is 0 Å². The Morgan fingerprint density at radius 1 is 1.06 bits per heavy atom. The average Bonchev–Trinajstić information content (AvgIpc) is 2.30. The summed E-state index contributed by atoms with van der Waals surface area (Å²) in [7, 11) is 0. The van der Waals surface area contributed by atoms with Crippen LogP contribution in [0.1, 0.15) is 67.2 Å². The number of hydrogen-bond acceptors (Lipinski definition) is 2. The predicted molar refractivity (Wildman–Crippen MR) is 78.6 cm³/mol. The van der Waals surface area contributed by atoms with Crippen LogP contribution in [0.15, 0.2) is 0 Å². The van der Waals surface area contributed by atoms with Crippen molar-refractivity contribution in [1.82, 2.24) is 10.6 Å². The van der Waals surface area contributed by atoms with Gasteiger partial charge in [-0.3, -0.25) is 4.79 Å². The first-order valence-electron chi connectivity index (χ1n) is 7.52. The predicted octanol–water partition coefficient (Wildman–Crippen LogP) is 3.09. The van der Waals surface area contributed by atoms with Crippen LogP contribution in [0.5, 0.6) is 0 Å². The normalized spacial score (nSPS) is 16.4. The molecule has 0 aromatic carbocycles. The van der Waals surface area contributed by atoms with Gasteiger partial charge < -0.3 is 10.6 Å². The van der Waals surface area contributed by atoms with Crippen LogP contribution in [0.25, 0.3) is 0 Å². The molecule has 2 N–H and O–H groups in total. The molecule has 0 fully saturated rings. The van der Waals surface area contributed by atoms with E-state index in [1.54, 1.807) is 0 Å². The van der Waals surface area contributed by atoms with Crippen molar-refractivity contribution in [1.29, 1.82) is 0 Å². The van der Waals surface area contributed by atoms with Crippen LogP contribution in [0.2, 0.25) is 0 Å². The average molecular weight is 256 g/mol. The summed E-state index contributed by atoms with van der Waals surface area (Å²) in [6.45, 7) is 12.8. The zero-order valence-electron chi connectivity index (χ0n) is 13.0. The first-order valence-corrected chi connectivity index (χ1v) is 7.52. The Bertz CT molecular complexity index is 227. The Labute approximate surface area is 113 Å². The number of amides is 1. The van der Waals surface area contributed by atoms with Crippen molar-refractivity contribution in [2.24, 2.45) is 5.92 Å². The maximum atomic E-state index is 12.0. The highest BCUT2D eigenvalue weighted by Crippen LogP contribution is 2.13. The molecule has 0 aliphatic heterocycles. The van der Waals surface area contributed by atoms with Gasteiger partial charge in [-0.1, -0.05) is 40.0 Å². The molecule has 0 aromatic heterocycles. The van der Waals surface area contributed by atoms with E-state index in [0.717, 1.165) is 25.7 Å². The van der Waals surface area contributed by atoms with Crippen molar-refractivity contribution in [3.8, 4) is 0 Å². The van der Waals surface area contributed by atoms with Crippen LogP contribution in [-0.2, 0) is 4.79 Å². The summed E-state index contributed by atoms with van der Waals surface area (Å²) >= 11 is 0. The third-order valence-corrected chi connectivity index (χ3v) is 3.77. The molecule has 0 rings (SSSR count). The lowest BCUT2D eigenvalue weighted by molar-refractivity contribution is -0.123. The van der Waals surface area contributed by atoms with Crippen LogP contribution >= 0.6 is 0 Å². The lowest BCUT2D eigenvalue weighted by Crippen LogP contribution is -2.49. The summed E-state index contributed by atoms with van der Waals surface area (Å²) in [6.07, 6.45) is 4.46. The molecule has 0 aliphatic rings. The quantitative estimate of drug-likeness (QED) is 0.665. The van der Waals surface area contributed by atoms with Gasteiger partial charge in [0.05, 0.1) is 6.04 Å². The van der Waals surface area contributed by atoms with Crippen LogP contribution < -0.4 is 10.6 Å². The van der Waals surface area contributed by atoms with Crippen molar-refractivity contribution in [3.63, 3.8) is 0 Å². The maximum Gasteiger partial charge on any atom is 0.237 e. The summed E-state index contributed by atoms with van der Waals surface area (Å²) in [6, 6.07) is 0.553. The van der Waals surface area contributed by atoms with Crippen LogP contribution in [0.4, 0.5) is 0 Å². The molecule has 1 amide bonds.